The van der Waals surface area contributed by atoms with Gasteiger partial charge < -0.3 is 10.2 Å². The van der Waals surface area contributed by atoms with Crippen LogP contribution in [0.4, 0.5) is 0 Å². The molecule has 16 heavy (non-hydrogen) atoms. The number of aryl methyl sites for hydroxylation is 1. The van der Waals surface area contributed by atoms with Crippen LogP contribution < -0.4 is 5.32 Å². The van der Waals surface area contributed by atoms with E-state index < -0.39 is 0 Å². The second kappa shape index (κ2) is 5.07. The zero-order chi connectivity index (χ0) is 11.4. The van der Waals surface area contributed by atoms with Crippen molar-refractivity contribution in [3.63, 3.8) is 0 Å². The summed E-state index contributed by atoms with van der Waals surface area (Å²) in [5.74, 6) is 0.123. The molecule has 0 saturated carbocycles. The third-order valence-corrected chi connectivity index (χ3v) is 2.79. The zero-order valence-electron chi connectivity index (χ0n) is 9.52. The number of nitrogens with one attached hydrogen (secondary N) is 1. The number of hydrogen-bond donors (Lipinski definition) is 1. The number of nitrogens with zero attached hydrogens (tertiary/aromatic N) is 4. The number of rotatable bonds is 2. The normalized spacial score (nSPS) is 17.2. The van der Waals surface area contributed by atoms with E-state index in [4.69, 9.17) is 0 Å². The van der Waals surface area contributed by atoms with Crippen molar-refractivity contribution in [2.75, 3.05) is 26.2 Å². The SMILES string of the molecule is Cc1cnnn1CC(=O)N1CCCNCC1. The largest absolute Gasteiger partial charge is 0.340 e. The fourth-order valence-electron chi connectivity index (χ4n) is 1.79. The Kier molecular flexibility index (Phi) is 3.51. The van der Waals surface area contributed by atoms with Gasteiger partial charge in [0.2, 0.25) is 5.91 Å². The number of amides is 1. The van der Waals surface area contributed by atoms with Crippen molar-refractivity contribution in [3.8, 4) is 0 Å². The molecule has 0 spiro atoms. The first-order chi connectivity index (χ1) is 7.77. The topological polar surface area (TPSA) is 63.1 Å². The van der Waals surface area contributed by atoms with E-state index >= 15 is 0 Å². The molecule has 1 aromatic heterocycles. The summed E-state index contributed by atoms with van der Waals surface area (Å²) in [5, 5.41) is 10.9. The molecule has 1 aromatic rings. The van der Waals surface area contributed by atoms with Crippen LogP contribution in [0.3, 0.4) is 0 Å². The van der Waals surface area contributed by atoms with Gasteiger partial charge >= 0.3 is 0 Å². The summed E-state index contributed by atoms with van der Waals surface area (Å²) in [7, 11) is 0. The van der Waals surface area contributed by atoms with Crippen molar-refractivity contribution >= 4 is 5.91 Å². The predicted octanol–water partition coefficient (Wildman–Crippen LogP) is -0.592. The lowest BCUT2D eigenvalue weighted by atomic mass is 10.3. The van der Waals surface area contributed by atoms with Gasteiger partial charge in [0, 0.05) is 19.6 Å². The van der Waals surface area contributed by atoms with Crippen LogP contribution in [0.5, 0.6) is 0 Å². The van der Waals surface area contributed by atoms with Gasteiger partial charge in [-0.2, -0.15) is 0 Å². The maximum absolute atomic E-state index is 12.0. The first-order valence-electron chi connectivity index (χ1n) is 5.61. The predicted molar refractivity (Wildman–Crippen MR) is 58.8 cm³/mol. The van der Waals surface area contributed by atoms with Gasteiger partial charge in [-0.1, -0.05) is 5.21 Å². The van der Waals surface area contributed by atoms with Crippen molar-refractivity contribution in [3.05, 3.63) is 11.9 Å². The fourth-order valence-corrected chi connectivity index (χ4v) is 1.79. The van der Waals surface area contributed by atoms with Crippen molar-refractivity contribution in [2.45, 2.75) is 19.9 Å². The Labute approximate surface area is 94.6 Å². The Morgan fingerprint density at radius 3 is 3.12 bits per heavy atom. The summed E-state index contributed by atoms with van der Waals surface area (Å²) in [5.41, 5.74) is 0.918. The van der Waals surface area contributed by atoms with Crippen LogP contribution in [-0.4, -0.2) is 52.0 Å². The van der Waals surface area contributed by atoms with E-state index in [1.54, 1.807) is 10.9 Å². The maximum Gasteiger partial charge on any atom is 0.244 e. The van der Waals surface area contributed by atoms with Gasteiger partial charge in [-0.25, -0.2) is 4.68 Å². The van der Waals surface area contributed by atoms with Crippen LogP contribution >= 0.6 is 0 Å². The molecule has 1 amide bonds. The first kappa shape index (κ1) is 11.1. The van der Waals surface area contributed by atoms with Crippen molar-refractivity contribution in [1.82, 2.24) is 25.2 Å². The third-order valence-electron chi connectivity index (χ3n) is 2.79. The fraction of sp³-hybridized carbons (Fsp3) is 0.700. The third kappa shape index (κ3) is 2.57. The van der Waals surface area contributed by atoms with Gasteiger partial charge in [0.25, 0.3) is 0 Å². The Balaban J connectivity index is 1.94. The molecule has 2 heterocycles. The van der Waals surface area contributed by atoms with E-state index in [-0.39, 0.29) is 5.91 Å². The zero-order valence-corrected chi connectivity index (χ0v) is 9.52. The molecule has 0 radical (unpaired) electrons. The number of carbonyl (C=O) groups excluding carboxylic acids is 1. The Hall–Kier alpha value is -1.43. The molecule has 88 valence electrons. The van der Waals surface area contributed by atoms with Crippen LogP contribution in [-0.2, 0) is 11.3 Å². The lowest BCUT2D eigenvalue weighted by Crippen LogP contribution is -2.36. The Morgan fingerprint density at radius 2 is 2.38 bits per heavy atom. The van der Waals surface area contributed by atoms with Crippen LogP contribution in [0.25, 0.3) is 0 Å². The minimum absolute atomic E-state index is 0.123. The highest BCUT2D eigenvalue weighted by Crippen LogP contribution is 2.00. The first-order valence-corrected chi connectivity index (χ1v) is 5.61. The molecule has 0 unspecified atom stereocenters. The molecule has 1 saturated heterocycles. The molecule has 1 fully saturated rings. The monoisotopic (exact) mass is 223 g/mol. The van der Waals surface area contributed by atoms with E-state index in [0.717, 1.165) is 38.3 Å². The lowest BCUT2D eigenvalue weighted by molar-refractivity contribution is -0.131. The van der Waals surface area contributed by atoms with Gasteiger partial charge in [-0.3, -0.25) is 4.79 Å². The van der Waals surface area contributed by atoms with E-state index in [1.165, 1.54) is 0 Å². The van der Waals surface area contributed by atoms with Crippen LogP contribution in [0.1, 0.15) is 12.1 Å². The maximum atomic E-state index is 12.0. The molecule has 0 bridgehead atoms. The van der Waals surface area contributed by atoms with Crippen LogP contribution in [0, 0.1) is 6.92 Å². The van der Waals surface area contributed by atoms with E-state index in [0.29, 0.717) is 6.54 Å². The van der Waals surface area contributed by atoms with Gasteiger partial charge in [0.15, 0.2) is 0 Å². The molecule has 1 N–H and O–H groups in total. The Bertz CT molecular complexity index is 354. The summed E-state index contributed by atoms with van der Waals surface area (Å²) >= 11 is 0. The van der Waals surface area contributed by atoms with Gasteiger partial charge in [0.1, 0.15) is 6.54 Å². The standard InChI is InChI=1S/C10H17N5O/c1-9-7-12-13-15(9)8-10(16)14-5-2-3-11-4-6-14/h7,11H,2-6,8H2,1H3. The summed E-state index contributed by atoms with van der Waals surface area (Å²) < 4.78 is 1.64. The van der Waals surface area contributed by atoms with Crippen molar-refractivity contribution in [1.29, 1.82) is 0 Å². The van der Waals surface area contributed by atoms with E-state index in [9.17, 15) is 4.79 Å². The van der Waals surface area contributed by atoms with Crippen LogP contribution in [0.2, 0.25) is 0 Å². The number of hydrogen-bond acceptors (Lipinski definition) is 4. The molecular weight excluding hydrogens is 206 g/mol. The summed E-state index contributed by atoms with van der Waals surface area (Å²) in [6, 6.07) is 0. The highest BCUT2D eigenvalue weighted by Gasteiger charge is 2.16. The molecule has 6 nitrogen and oxygen atoms in total. The molecule has 1 aliphatic heterocycles. The molecule has 1 aliphatic rings. The van der Waals surface area contributed by atoms with Crippen LogP contribution in [0.15, 0.2) is 6.20 Å². The summed E-state index contributed by atoms with van der Waals surface area (Å²) in [4.78, 5) is 13.9. The van der Waals surface area contributed by atoms with E-state index in [2.05, 4.69) is 15.6 Å². The van der Waals surface area contributed by atoms with Gasteiger partial charge in [0.05, 0.1) is 11.9 Å². The van der Waals surface area contributed by atoms with Crippen molar-refractivity contribution < 1.29 is 4.79 Å². The van der Waals surface area contributed by atoms with Crippen molar-refractivity contribution in [2.24, 2.45) is 0 Å². The van der Waals surface area contributed by atoms with E-state index in [1.807, 2.05) is 11.8 Å². The number of aromatic nitrogens is 3. The summed E-state index contributed by atoms with van der Waals surface area (Å²) in [6.07, 6.45) is 2.68. The number of carbonyl (C=O) groups is 1. The average Bonchev–Trinajstić information content (AvgIpc) is 2.57. The van der Waals surface area contributed by atoms with Gasteiger partial charge in [-0.05, 0) is 19.9 Å². The lowest BCUT2D eigenvalue weighted by Gasteiger charge is -2.19. The minimum Gasteiger partial charge on any atom is -0.340 e. The molecule has 2 rings (SSSR count). The molecule has 0 aromatic carbocycles. The highest BCUT2D eigenvalue weighted by molar-refractivity contribution is 5.76. The molecular formula is C10H17N5O. The minimum atomic E-state index is 0.123. The highest BCUT2D eigenvalue weighted by atomic mass is 16.2. The summed E-state index contributed by atoms with van der Waals surface area (Å²) in [6.45, 7) is 5.68. The molecule has 0 atom stereocenters. The molecule has 0 aliphatic carbocycles. The average molecular weight is 223 g/mol. The second-order valence-electron chi connectivity index (χ2n) is 4.02. The molecule has 6 heteroatoms. The quantitative estimate of drug-likeness (QED) is 0.728. The Morgan fingerprint density at radius 1 is 1.50 bits per heavy atom. The second-order valence-corrected chi connectivity index (χ2v) is 4.02. The smallest absolute Gasteiger partial charge is 0.244 e. The van der Waals surface area contributed by atoms with Gasteiger partial charge in [-0.15, -0.1) is 5.10 Å².